The number of benzene rings is 3. The predicted octanol–water partition coefficient (Wildman–Crippen LogP) is 6.39. The number of anilines is 5. The van der Waals surface area contributed by atoms with Crippen LogP contribution in [0.1, 0.15) is 24.1 Å². The highest BCUT2D eigenvalue weighted by Gasteiger charge is 2.21. The first-order chi connectivity index (χ1) is 16.9. The van der Waals surface area contributed by atoms with Gasteiger partial charge >= 0.3 is 6.03 Å². The number of nitrogens with one attached hydrogen (secondary N) is 2. The third kappa shape index (κ3) is 5.95. The second-order valence-corrected chi connectivity index (χ2v) is 8.56. The lowest BCUT2D eigenvalue weighted by Gasteiger charge is -2.24. The van der Waals surface area contributed by atoms with E-state index in [0.29, 0.717) is 23.1 Å². The topological polar surface area (TPSA) is 73.4 Å². The highest BCUT2D eigenvalue weighted by atomic mass is 16.2. The van der Waals surface area contributed by atoms with Gasteiger partial charge in [-0.2, -0.15) is 4.98 Å². The average molecular weight is 467 g/mol. The number of aromatic nitrogens is 2. The Morgan fingerprint density at radius 1 is 0.886 bits per heavy atom. The van der Waals surface area contributed by atoms with Crippen molar-refractivity contribution in [2.75, 3.05) is 34.5 Å². The third-order valence-electron chi connectivity index (χ3n) is 5.59. The zero-order chi connectivity index (χ0) is 24.8. The van der Waals surface area contributed by atoms with Crippen LogP contribution < -0.4 is 20.4 Å². The Morgan fingerprint density at radius 2 is 1.63 bits per heavy atom. The van der Waals surface area contributed by atoms with Crippen molar-refractivity contribution in [2.24, 2.45) is 0 Å². The molecule has 0 aliphatic heterocycles. The predicted molar refractivity (Wildman–Crippen MR) is 144 cm³/mol. The van der Waals surface area contributed by atoms with Crippen LogP contribution in [-0.4, -0.2) is 30.1 Å². The minimum Gasteiger partial charge on any atom is -0.378 e. The van der Waals surface area contributed by atoms with Crippen molar-refractivity contribution in [3.8, 4) is 0 Å². The van der Waals surface area contributed by atoms with Crippen LogP contribution >= 0.6 is 0 Å². The number of carbonyl (C=O) groups is 1. The Kier molecular flexibility index (Phi) is 7.26. The van der Waals surface area contributed by atoms with Crippen LogP contribution in [0, 0.1) is 6.92 Å². The van der Waals surface area contributed by atoms with E-state index < -0.39 is 0 Å². The van der Waals surface area contributed by atoms with Crippen LogP contribution in [0.4, 0.5) is 33.6 Å². The molecule has 4 rings (SSSR count). The Hall–Kier alpha value is -4.39. The third-order valence-corrected chi connectivity index (χ3v) is 5.59. The molecule has 0 saturated carbocycles. The van der Waals surface area contributed by atoms with E-state index in [0.717, 1.165) is 16.8 Å². The molecule has 7 nitrogen and oxygen atoms in total. The van der Waals surface area contributed by atoms with Gasteiger partial charge in [0.25, 0.3) is 0 Å². The van der Waals surface area contributed by atoms with Crippen molar-refractivity contribution in [1.82, 2.24) is 9.97 Å². The van der Waals surface area contributed by atoms with Crippen molar-refractivity contribution >= 4 is 34.9 Å². The van der Waals surface area contributed by atoms with E-state index in [1.54, 1.807) is 17.2 Å². The lowest BCUT2D eigenvalue weighted by atomic mass is 10.1. The number of hydrogen-bond acceptors (Lipinski definition) is 5. The Balaban J connectivity index is 1.68. The molecule has 0 fully saturated rings. The Morgan fingerprint density at radius 3 is 2.37 bits per heavy atom. The maximum Gasteiger partial charge on any atom is 0.332 e. The molecular weight excluding hydrogens is 436 g/mol. The monoisotopic (exact) mass is 466 g/mol. The molecular formula is C28H30N6O. The lowest BCUT2D eigenvalue weighted by Crippen LogP contribution is -2.32. The summed E-state index contributed by atoms with van der Waals surface area (Å²) in [6.45, 7) is 4.04. The average Bonchev–Trinajstić information content (AvgIpc) is 2.85. The van der Waals surface area contributed by atoms with Crippen molar-refractivity contribution in [2.45, 2.75) is 19.9 Å². The molecule has 2 N–H and O–H groups in total. The second kappa shape index (κ2) is 10.7. The molecule has 1 aromatic heterocycles. The summed E-state index contributed by atoms with van der Waals surface area (Å²) in [5, 5.41) is 6.35. The normalized spacial score (nSPS) is 11.4. The molecule has 2 amide bonds. The highest BCUT2D eigenvalue weighted by molar-refractivity contribution is 6.06. The van der Waals surface area contributed by atoms with Crippen LogP contribution in [0.25, 0.3) is 0 Å². The van der Waals surface area contributed by atoms with Crippen molar-refractivity contribution in [3.05, 3.63) is 102 Å². The summed E-state index contributed by atoms with van der Waals surface area (Å²) in [5.74, 6) is 0.903. The van der Waals surface area contributed by atoms with E-state index in [-0.39, 0.29) is 12.1 Å². The molecule has 0 radical (unpaired) electrons. The van der Waals surface area contributed by atoms with E-state index in [2.05, 4.69) is 27.8 Å². The van der Waals surface area contributed by atoms with E-state index >= 15 is 0 Å². The van der Waals surface area contributed by atoms with E-state index in [9.17, 15) is 4.79 Å². The summed E-state index contributed by atoms with van der Waals surface area (Å²) in [7, 11) is 3.93. The van der Waals surface area contributed by atoms with E-state index in [1.165, 1.54) is 0 Å². The van der Waals surface area contributed by atoms with Gasteiger partial charge in [0.2, 0.25) is 5.95 Å². The minimum atomic E-state index is -0.313. The van der Waals surface area contributed by atoms with Crippen LogP contribution in [0.2, 0.25) is 0 Å². The molecule has 0 aliphatic carbocycles. The summed E-state index contributed by atoms with van der Waals surface area (Å²) < 4.78 is 0. The molecule has 35 heavy (non-hydrogen) atoms. The fourth-order valence-electron chi connectivity index (χ4n) is 3.73. The summed E-state index contributed by atoms with van der Waals surface area (Å²) in [4.78, 5) is 26.2. The molecule has 0 spiro atoms. The maximum atomic E-state index is 13.6. The van der Waals surface area contributed by atoms with Gasteiger partial charge in [-0.1, -0.05) is 48.5 Å². The fraction of sp³-hybridized carbons (Fsp3) is 0.179. The Labute approximate surface area is 206 Å². The van der Waals surface area contributed by atoms with Crippen LogP contribution in [0.5, 0.6) is 0 Å². The van der Waals surface area contributed by atoms with Gasteiger partial charge in [0.15, 0.2) is 0 Å². The van der Waals surface area contributed by atoms with Gasteiger partial charge in [-0.3, -0.25) is 0 Å². The molecule has 1 heterocycles. The smallest absolute Gasteiger partial charge is 0.332 e. The van der Waals surface area contributed by atoms with Gasteiger partial charge in [-0.05, 0) is 55.3 Å². The first-order valence-electron chi connectivity index (χ1n) is 11.5. The molecule has 0 bridgehead atoms. The van der Waals surface area contributed by atoms with Gasteiger partial charge in [0, 0.05) is 37.7 Å². The van der Waals surface area contributed by atoms with E-state index in [4.69, 9.17) is 4.98 Å². The number of amides is 2. The molecule has 0 saturated heterocycles. The zero-order valence-electron chi connectivity index (χ0n) is 20.4. The van der Waals surface area contributed by atoms with Crippen LogP contribution in [-0.2, 0) is 0 Å². The molecule has 0 unspecified atom stereocenters. The molecule has 0 aliphatic rings. The fourth-order valence-corrected chi connectivity index (χ4v) is 3.73. The van der Waals surface area contributed by atoms with Crippen molar-refractivity contribution in [3.63, 3.8) is 0 Å². The minimum absolute atomic E-state index is 0.00177. The Bertz CT molecular complexity index is 1290. The summed E-state index contributed by atoms with van der Waals surface area (Å²) >= 11 is 0. The van der Waals surface area contributed by atoms with Gasteiger partial charge in [-0.15, -0.1) is 0 Å². The molecule has 1 atom stereocenters. The second-order valence-electron chi connectivity index (χ2n) is 8.56. The summed E-state index contributed by atoms with van der Waals surface area (Å²) in [6.07, 6.45) is 1.66. The lowest BCUT2D eigenvalue weighted by molar-refractivity contribution is 0.259. The largest absolute Gasteiger partial charge is 0.378 e. The quantitative estimate of drug-likeness (QED) is 0.330. The van der Waals surface area contributed by atoms with E-state index in [1.807, 2.05) is 99.6 Å². The molecule has 7 heteroatoms. The number of hydrogen-bond donors (Lipinski definition) is 2. The first-order valence-corrected chi connectivity index (χ1v) is 11.5. The number of rotatable bonds is 7. The number of carbonyl (C=O) groups excluding carboxylic acids is 1. The number of nitrogens with zero attached hydrogens (tertiary/aromatic N) is 4. The maximum absolute atomic E-state index is 13.6. The summed E-state index contributed by atoms with van der Waals surface area (Å²) in [6, 6.07) is 27.0. The summed E-state index contributed by atoms with van der Waals surface area (Å²) in [5.41, 5.74) is 4.57. The van der Waals surface area contributed by atoms with Crippen LogP contribution in [0.3, 0.4) is 0 Å². The molecule has 4 aromatic rings. The van der Waals surface area contributed by atoms with Gasteiger partial charge in [-0.25, -0.2) is 14.7 Å². The van der Waals surface area contributed by atoms with Gasteiger partial charge < -0.3 is 15.5 Å². The standard InChI is InChI=1S/C28H30N6O/c1-20-10-8-13-23(18-20)31-28(35)34(25-15-9-14-24(19-25)33(3)4)26-16-17-29-27(32-26)30-21(2)22-11-6-5-7-12-22/h5-19,21H,1-4H3,(H,31,35)(H,29,30,32)/t21-/m0/s1. The van der Waals surface area contributed by atoms with Crippen molar-refractivity contribution in [1.29, 1.82) is 0 Å². The number of urea groups is 1. The van der Waals surface area contributed by atoms with Gasteiger partial charge in [0.05, 0.1) is 11.7 Å². The first kappa shape index (κ1) is 23.8. The molecule has 3 aromatic carbocycles. The zero-order valence-corrected chi connectivity index (χ0v) is 20.4. The molecule has 178 valence electrons. The van der Waals surface area contributed by atoms with Gasteiger partial charge in [0.1, 0.15) is 5.82 Å². The van der Waals surface area contributed by atoms with Crippen LogP contribution in [0.15, 0.2) is 91.1 Å². The number of aryl methyl sites for hydroxylation is 1. The highest BCUT2D eigenvalue weighted by Crippen LogP contribution is 2.29. The SMILES string of the molecule is Cc1cccc(NC(=O)N(c2cccc(N(C)C)c2)c2ccnc(N[C@@H](C)c3ccccc3)n2)c1. The van der Waals surface area contributed by atoms with Crippen molar-refractivity contribution < 1.29 is 4.79 Å².